The zero-order valence-electron chi connectivity index (χ0n) is 21.9. The van der Waals surface area contributed by atoms with Gasteiger partial charge in [-0.05, 0) is 53.6 Å². The summed E-state index contributed by atoms with van der Waals surface area (Å²) in [7, 11) is 3.27. The quantitative estimate of drug-likeness (QED) is 0.399. The number of phenols is 1. The lowest BCUT2D eigenvalue weighted by atomic mass is 9.70. The lowest BCUT2D eigenvalue weighted by Crippen LogP contribution is -2.36. The van der Waals surface area contributed by atoms with Crippen molar-refractivity contribution in [2.75, 3.05) is 45.4 Å². The fourth-order valence-corrected chi connectivity index (χ4v) is 6.68. The highest BCUT2D eigenvalue weighted by molar-refractivity contribution is 7.15. The van der Waals surface area contributed by atoms with Gasteiger partial charge in [0.1, 0.15) is 5.75 Å². The van der Waals surface area contributed by atoms with E-state index >= 15 is 0 Å². The van der Waals surface area contributed by atoms with Crippen LogP contribution in [0, 0.1) is 0 Å². The lowest BCUT2D eigenvalue weighted by molar-refractivity contribution is 0.122. The molecule has 1 aliphatic heterocycles. The van der Waals surface area contributed by atoms with E-state index < -0.39 is 0 Å². The number of methoxy groups -OCH3 is 2. The second-order valence-electron chi connectivity index (χ2n) is 10.2. The molecule has 2 aliphatic rings. The first-order valence-electron chi connectivity index (χ1n) is 13.0. The van der Waals surface area contributed by atoms with Gasteiger partial charge in [0.15, 0.2) is 16.6 Å². The number of benzene rings is 2. The van der Waals surface area contributed by atoms with E-state index in [0.29, 0.717) is 36.9 Å². The molecule has 0 radical (unpaired) electrons. The third kappa shape index (κ3) is 5.22. The van der Waals surface area contributed by atoms with Crippen molar-refractivity contribution in [3.63, 3.8) is 0 Å². The summed E-state index contributed by atoms with van der Waals surface area (Å²) in [6.07, 6.45) is 6.25. The maximum Gasteiger partial charge on any atom is 0.227 e. The lowest BCUT2D eigenvalue weighted by Gasteiger charge is -2.35. The maximum absolute atomic E-state index is 10.8. The number of rotatable bonds is 7. The fraction of sp³-hybridized carbons (Fsp3) is 0.483. The summed E-state index contributed by atoms with van der Waals surface area (Å²) in [4.78, 5) is 7.36. The number of thiazole rings is 1. The Morgan fingerprint density at radius 1 is 1.00 bits per heavy atom. The summed E-state index contributed by atoms with van der Waals surface area (Å²) in [6, 6.07) is 9.97. The highest BCUT2D eigenvalue weighted by Gasteiger charge is 2.31. The highest BCUT2D eigenvalue weighted by atomic mass is 32.1. The van der Waals surface area contributed by atoms with Crippen LogP contribution >= 0.6 is 11.3 Å². The molecule has 1 saturated heterocycles. The van der Waals surface area contributed by atoms with Gasteiger partial charge in [0, 0.05) is 30.6 Å². The van der Waals surface area contributed by atoms with Crippen LogP contribution in [0.25, 0.3) is 11.1 Å². The number of anilines is 1. The molecule has 8 heteroatoms. The number of hydrogen-bond acceptors (Lipinski definition) is 8. The summed E-state index contributed by atoms with van der Waals surface area (Å²) >= 11 is 1.50. The predicted molar refractivity (Wildman–Crippen MR) is 147 cm³/mol. The molecule has 2 aromatic carbocycles. The second kappa shape index (κ2) is 10.8. The number of aromatic nitrogens is 1. The molecule has 0 spiro atoms. The van der Waals surface area contributed by atoms with Gasteiger partial charge in [-0.25, -0.2) is 0 Å². The van der Waals surface area contributed by atoms with Crippen LogP contribution in [0.5, 0.6) is 23.1 Å². The van der Waals surface area contributed by atoms with Crippen LogP contribution < -0.4 is 14.4 Å². The minimum atomic E-state index is -0.0257. The largest absolute Gasteiger partial charge is 0.508 e. The van der Waals surface area contributed by atoms with Crippen molar-refractivity contribution < 1.29 is 24.4 Å². The Bertz CT molecular complexity index is 1250. The van der Waals surface area contributed by atoms with Gasteiger partial charge in [0.25, 0.3) is 0 Å². The van der Waals surface area contributed by atoms with Gasteiger partial charge in [0.05, 0.1) is 32.3 Å². The Morgan fingerprint density at radius 3 is 2.46 bits per heavy atom. The van der Waals surface area contributed by atoms with Crippen LogP contribution in [0.15, 0.2) is 30.3 Å². The van der Waals surface area contributed by atoms with Gasteiger partial charge >= 0.3 is 0 Å². The van der Waals surface area contributed by atoms with E-state index in [2.05, 4.69) is 28.9 Å². The molecule has 5 rings (SSSR count). The molecule has 3 aromatic rings. The van der Waals surface area contributed by atoms with E-state index in [1.807, 2.05) is 18.2 Å². The first kappa shape index (κ1) is 25.7. The molecule has 0 amide bonds. The van der Waals surface area contributed by atoms with Crippen molar-refractivity contribution >= 4 is 16.5 Å². The highest BCUT2D eigenvalue weighted by Crippen LogP contribution is 2.45. The average Bonchev–Trinajstić information content (AvgIpc) is 3.29. The van der Waals surface area contributed by atoms with E-state index in [1.165, 1.54) is 30.6 Å². The minimum Gasteiger partial charge on any atom is -0.508 e. The van der Waals surface area contributed by atoms with Gasteiger partial charge in [-0.1, -0.05) is 43.6 Å². The molecule has 2 heterocycles. The normalized spacial score (nSPS) is 17.5. The Kier molecular flexibility index (Phi) is 7.49. The Labute approximate surface area is 222 Å². The van der Waals surface area contributed by atoms with Gasteiger partial charge in [-0.15, -0.1) is 0 Å². The molecule has 0 unspecified atom stereocenters. The first-order chi connectivity index (χ1) is 17.9. The predicted octanol–water partition coefficient (Wildman–Crippen LogP) is 5.89. The molecule has 1 aliphatic carbocycles. The molecule has 198 valence electrons. The SMILES string of the molecule is COc1cc(-c2ccc(O)c(C3(C)CCCCC3)c2)cc(Cc2sc(N3CCOCC3)nc2O)c1OC. The summed E-state index contributed by atoms with van der Waals surface area (Å²) in [5.74, 6) is 1.69. The van der Waals surface area contributed by atoms with E-state index in [0.717, 1.165) is 58.2 Å². The third-order valence-corrected chi connectivity index (χ3v) is 8.90. The fourth-order valence-electron chi connectivity index (χ4n) is 5.65. The van der Waals surface area contributed by atoms with Crippen LogP contribution in [-0.4, -0.2) is 55.7 Å². The van der Waals surface area contributed by atoms with Crippen molar-refractivity contribution in [1.29, 1.82) is 0 Å². The molecular formula is C29H36N2O5S. The van der Waals surface area contributed by atoms with Gasteiger partial charge in [-0.2, -0.15) is 4.98 Å². The average molecular weight is 525 g/mol. The van der Waals surface area contributed by atoms with Crippen LogP contribution in [0.3, 0.4) is 0 Å². The van der Waals surface area contributed by atoms with Crippen LogP contribution in [0.4, 0.5) is 5.13 Å². The monoisotopic (exact) mass is 524 g/mol. The number of aromatic hydroxyl groups is 2. The molecule has 0 bridgehead atoms. The molecule has 37 heavy (non-hydrogen) atoms. The summed E-state index contributed by atoms with van der Waals surface area (Å²) < 4.78 is 16.9. The first-order valence-corrected chi connectivity index (χ1v) is 13.8. The molecule has 1 saturated carbocycles. The van der Waals surface area contributed by atoms with Crippen molar-refractivity contribution in [3.8, 4) is 34.3 Å². The van der Waals surface area contributed by atoms with Crippen molar-refractivity contribution in [3.05, 3.63) is 46.3 Å². The molecule has 1 aromatic heterocycles. The second-order valence-corrected chi connectivity index (χ2v) is 11.3. The third-order valence-electron chi connectivity index (χ3n) is 7.79. The summed E-state index contributed by atoms with van der Waals surface area (Å²) in [5.41, 5.74) is 3.89. The van der Waals surface area contributed by atoms with Crippen LogP contribution in [0.2, 0.25) is 0 Å². The molecule has 2 fully saturated rings. The van der Waals surface area contributed by atoms with Gasteiger partial charge in [0.2, 0.25) is 5.88 Å². The van der Waals surface area contributed by atoms with Gasteiger partial charge < -0.3 is 29.3 Å². The van der Waals surface area contributed by atoms with Crippen LogP contribution in [-0.2, 0) is 16.6 Å². The smallest absolute Gasteiger partial charge is 0.227 e. The topological polar surface area (TPSA) is 84.3 Å². The minimum absolute atomic E-state index is 0.0257. The number of hydrogen-bond donors (Lipinski definition) is 2. The molecule has 7 nitrogen and oxygen atoms in total. The number of morpholine rings is 1. The standard InChI is InChI=1S/C29H36N2O5S/c1-29(9-5-4-6-10-29)22-16-19(7-8-23(22)32)20-15-21(26(35-3)24(17-20)34-2)18-25-27(33)30-28(37-25)31-11-13-36-14-12-31/h7-8,15-17,32-33H,4-6,9-14,18H2,1-3H3. The van der Waals surface area contributed by atoms with Crippen molar-refractivity contribution in [2.24, 2.45) is 0 Å². The van der Waals surface area contributed by atoms with E-state index in [1.54, 1.807) is 14.2 Å². The van der Waals surface area contributed by atoms with Crippen molar-refractivity contribution in [2.45, 2.75) is 50.9 Å². The molecule has 2 N–H and O–H groups in total. The molecular weight excluding hydrogens is 488 g/mol. The Balaban J connectivity index is 1.52. The summed E-state index contributed by atoms with van der Waals surface area (Å²) in [6.45, 7) is 5.12. The Hall–Kier alpha value is -2.97. The Morgan fingerprint density at radius 2 is 1.76 bits per heavy atom. The zero-order chi connectivity index (χ0) is 26.0. The van der Waals surface area contributed by atoms with E-state index in [4.69, 9.17) is 14.2 Å². The van der Waals surface area contributed by atoms with Gasteiger partial charge in [-0.3, -0.25) is 0 Å². The van der Waals surface area contributed by atoms with Crippen molar-refractivity contribution in [1.82, 2.24) is 4.98 Å². The summed E-state index contributed by atoms with van der Waals surface area (Å²) in [5, 5.41) is 22.3. The van der Waals surface area contributed by atoms with E-state index in [-0.39, 0.29) is 11.3 Å². The van der Waals surface area contributed by atoms with E-state index in [9.17, 15) is 10.2 Å². The van der Waals surface area contributed by atoms with Crippen LogP contribution in [0.1, 0.15) is 55.0 Å². The number of ether oxygens (including phenoxy) is 3. The molecule has 0 atom stereocenters. The maximum atomic E-state index is 10.8. The number of nitrogens with zero attached hydrogens (tertiary/aromatic N) is 2. The number of phenolic OH excluding ortho intramolecular Hbond substituents is 1. The zero-order valence-corrected chi connectivity index (χ0v) is 22.7.